The highest BCUT2D eigenvalue weighted by Gasteiger charge is 2.20. The second-order valence-corrected chi connectivity index (χ2v) is 8.10. The summed E-state index contributed by atoms with van der Waals surface area (Å²) in [5.41, 5.74) is 0.645. The Labute approximate surface area is 166 Å². The summed E-state index contributed by atoms with van der Waals surface area (Å²) >= 11 is 1.50. The Morgan fingerprint density at radius 1 is 1.32 bits per heavy atom. The van der Waals surface area contributed by atoms with Crippen LogP contribution in [0.15, 0.2) is 24.5 Å². The van der Waals surface area contributed by atoms with Crippen molar-refractivity contribution in [2.75, 3.05) is 16.0 Å². The first-order valence-corrected chi connectivity index (χ1v) is 10.0. The largest absolute Gasteiger partial charge is 0.367 e. The molecule has 1 atom stereocenters. The lowest BCUT2D eigenvalue weighted by atomic mass is 10.1. The first-order valence-electron chi connectivity index (χ1n) is 9.21. The molecule has 3 aromatic rings. The molecule has 1 unspecified atom stereocenters. The topological polar surface area (TPSA) is 110 Å². The van der Waals surface area contributed by atoms with Crippen molar-refractivity contribution < 1.29 is 4.79 Å². The highest BCUT2D eigenvalue weighted by atomic mass is 32.1. The monoisotopic (exact) mass is 398 g/mol. The van der Waals surface area contributed by atoms with E-state index in [1.165, 1.54) is 16.2 Å². The van der Waals surface area contributed by atoms with E-state index in [1.54, 1.807) is 12.4 Å². The van der Waals surface area contributed by atoms with E-state index in [-0.39, 0.29) is 12.1 Å². The fourth-order valence-corrected chi connectivity index (χ4v) is 3.95. The molecule has 3 aromatic heterocycles. The van der Waals surface area contributed by atoms with Gasteiger partial charge in [-0.05, 0) is 45.7 Å². The molecule has 0 aromatic carbocycles. The van der Waals surface area contributed by atoms with Gasteiger partial charge in [-0.25, -0.2) is 14.8 Å². The zero-order chi connectivity index (χ0) is 19.7. The average molecular weight is 398 g/mol. The van der Waals surface area contributed by atoms with E-state index in [0.29, 0.717) is 28.5 Å². The maximum atomic E-state index is 12.4. The minimum atomic E-state index is -0.380. The number of aromatic nitrogens is 5. The highest BCUT2D eigenvalue weighted by molar-refractivity contribution is 7.16. The minimum Gasteiger partial charge on any atom is -0.367 e. The van der Waals surface area contributed by atoms with Gasteiger partial charge in [-0.2, -0.15) is 0 Å². The predicted molar refractivity (Wildman–Crippen MR) is 110 cm³/mol. The number of carbonyl (C=O) groups is 1. The number of carbonyl (C=O) groups excluding carboxylic acids is 1. The number of amides is 2. The third-order valence-electron chi connectivity index (χ3n) is 4.45. The number of hydrogen-bond acceptors (Lipinski definition) is 7. The maximum Gasteiger partial charge on any atom is 0.326 e. The Hall–Kier alpha value is -3.01. The molecular weight excluding hydrogens is 376 g/mol. The Morgan fingerprint density at radius 3 is 3.00 bits per heavy atom. The number of hydrogen-bond donors (Lipinski definition) is 3. The predicted octanol–water partition coefficient (Wildman–Crippen LogP) is 3.77. The van der Waals surface area contributed by atoms with E-state index in [2.05, 4.69) is 43.0 Å². The van der Waals surface area contributed by atoms with E-state index in [0.717, 1.165) is 18.7 Å². The van der Waals surface area contributed by atoms with Gasteiger partial charge in [-0.15, -0.1) is 10.2 Å². The van der Waals surface area contributed by atoms with Gasteiger partial charge in [0.25, 0.3) is 0 Å². The first-order chi connectivity index (χ1) is 13.5. The number of rotatable bonds is 4. The molecule has 0 fully saturated rings. The molecule has 4 heterocycles. The number of thiazole rings is 1. The van der Waals surface area contributed by atoms with Gasteiger partial charge >= 0.3 is 6.03 Å². The third-order valence-corrected chi connectivity index (χ3v) is 5.49. The number of pyridine rings is 1. The van der Waals surface area contributed by atoms with E-state index in [4.69, 9.17) is 0 Å². The molecule has 0 spiro atoms. The summed E-state index contributed by atoms with van der Waals surface area (Å²) in [6, 6.07) is 5.62. The van der Waals surface area contributed by atoms with Crippen LogP contribution in [0.4, 0.5) is 21.6 Å². The molecule has 2 amide bonds. The van der Waals surface area contributed by atoms with Crippen molar-refractivity contribution in [3.63, 3.8) is 0 Å². The molecule has 28 heavy (non-hydrogen) atoms. The lowest BCUT2D eigenvalue weighted by Gasteiger charge is -2.18. The van der Waals surface area contributed by atoms with Crippen molar-refractivity contribution in [1.82, 2.24) is 24.7 Å². The second kappa shape index (κ2) is 7.55. The van der Waals surface area contributed by atoms with Gasteiger partial charge < -0.3 is 9.88 Å². The Morgan fingerprint density at radius 2 is 2.18 bits per heavy atom. The standard InChI is InChI=1S/C18H22N8OS/c1-10(2)26-9-19-25-16(26)12-5-4-6-14(21-12)22-17(27)24-18-23-15-13(28-18)8-7-11(3)20-15/h4-6,9-11,20H,7-8H2,1-3H3,(H2,21,22,23,24,27). The fourth-order valence-electron chi connectivity index (χ4n) is 3.02. The summed E-state index contributed by atoms with van der Waals surface area (Å²) < 4.78 is 1.93. The molecule has 4 rings (SSSR count). The molecule has 146 valence electrons. The number of aryl methyl sites for hydroxylation is 1. The lowest BCUT2D eigenvalue weighted by molar-refractivity contribution is 0.262. The smallest absolute Gasteiger partial charge is 0.326 e. The molecule has 1 aliphatic heterocycles. The van der Waals surface area contributed by atoms with Crippen LogP contribution >= 0.6 is 11.3 Å². The molecule has 10 heteroatoms. The van der Waals surface area contributed by atoms with E-state index in [1.807, 2.05) is 30.5 Å². The van der Waals surface area contributed by atoms with Crippen molar-refractivity contribution in [2.45, 2.75) is 45.7 Å². The van der Waals surface area contributed by atoms with Crippen molar-refractivity contribution in [3.8, 4) is 11.5 Å². The van der Waals surface area contributed by atoms with Crippen LogP contribution in [0, 0.1) is 0 Å². The quantitative estimate of drug-likeness (QED) is 0.617. The normalized spacial score (nSPS) is 15.8. The summed E-state index contributed by atoms with van der Waals surface area (Å²) in [4.78, 5) is 22.5. The number of nitrogens with one attached hydrogen (secondary N) is 3. The SMILES string of the molecule is CC1CCc2sc(NC(=O)Nc3cccc(-c4nncn4C(C)C)n3)nc2N1. The molecule has 0 radical (unpaired) electrons. The Balaban J connectivity index is 1.46. The number of anilines is 3. The van der Waals surface area contributed by atoms with Gasteiger partial charge in [0.05, 0.1) is 4.88 Å². The second-order valence-electron chi connectivity index (χ2n) is 7.02. The van der Waals surface area contributed by atoms with Crippen molar-refractivity contribution >= 4 is 34.1 Å². The first kappa shape index (κ1) is 18.4. The van der Waals surface area contributed by atoms with Crippen LogP contribution in [0.1, 0.15) is 38.1 Å². The zero-order valence-electron chi connectivity index (χ0n) is 15.9. The molecule has 3 N–H and O–H groups in total. The molecule has 9 nitrogen and oxygen atoms in total. The highest BCUT2D eigenvalue weighted by Crippen LogP contribution is 2.32. The summed E-state index contributed by atoms with van der Waals surface area (Å²) in [7, 11) is 0. The molecule has 0 saturated carbocycles. The summed E-state index contributed by atoms with van der Waals surface area (Å²) in [5, 5.41) is 17.6. The van der Waals surface area contributed by atoms with Crippen LogP contribution in [0.2, 0.25) is 0 Å². The number of urea groups is 1. The van der Waals surface area contributed by atoms with Crippen LogP contribution in [0.3, 0.4) is 0 Å². The molecular formula is C18H22N8OS. The minimum absolute atomic E-state index is 0.207. The van der Waals surface area contributed by atoms with Crippen molar-refractivity contribution in [1.29, 1.82) is 0 Å². The zero-order valence-corrected chi connectivity index (χ0v) is 16.7. The number of nitrogens with zero attached hydrogens (tertiary/aromatic N) is 5. The van der Waals surface area contributed by atoms with Gasteiger partial charge in [0.1, 0.15) is 23.7 Å². The molecule has 0 aliphatic carbocycles. The van der Waals surface area contributed by atoms with Crippen molar-refractivity contribution in [2.24, 2.45) is 0 Å². The third kappa shape index (κ3) is 3.81. The van der Waals surface area contributed by atoms with E-state index in [9.17, 15) is 4.79 Å². The fraction of sp³-hybridized carbons (Fsp3) is 0.389. The van der Waals surface area contributed by atoms with Gasteiger partial charge in [-0.3, -0.25) is 10.6 Å². The number of fused-ring (bicyclic) bond motifs is 1. The summed E-state index contributed by atoms with van der Waals surface area (Å²) in [6.45, 7) is 6.22. The Kier molecular flexibility index (Phi) is 4.95. The van der Waals surface area contributed by atoms with Gasteiger partial charge in [0.15, 0.2) is 11.0 Å². The van der Waals surface area contributed by atoms with Crippen LogP contribution < -0.4 is 16.0 Å². The van der Waals surface area contributed by atoms with Crippen LogP contribution in [-0.4, -0.2) is 36.8 Å². The van der Waals surface area contributed by atoms with Gasteiger partial charge in [0.2, 0.25) is 0 Å². The van der Waals surface area contributed by atoms with Crippen LogP contribution in [0.25, 0.3) is 11.5 Å². The maximum absolute atomic E-state index is 12.4. The molecule has 1 aliphatic rings. The van der Waals surface area contributed by atoms with E-state index < -0.39 is 0 Å². The Bertz CT molecular complexity index is 995. The molecule has 0 saturated heterocycles. The molecule has 0 bridgehead atoms. The summed E-state index contributed by atoms with van der Waals surface area (Å²) in [5.74, 6) is 1.96. The van der Waals surface area contributed by atoms with Gasteiger partial charge in [0, 0.05) is 12.1 Å². The van der Waals surface area contributed by atoms with Gasteiger partial charge in [-0.1, -0.05) is 17.4 Å². The van der Waals surface area contributed by atoms with Crippen LogP contribution in [0.5, 0.6) is 0 Å². The summed E-state index contributed by atoms with van der Waals surface area (Å²) in [6.07, 6.45) is 3.72. The average Bonchev–Trinajstić information content (AvgIpc) is 3.28. The van der Waals surface area contributed by atoms with E-state index >= 15 is 0 Å². The van der Waals surface area contributed by atoms with Crippen molar-refractivity contribution in [3.05, 3.63) is 29.4 Å². The lowest BCUT2D eigenvalue weighted by Crippen LogP contribution is -2.21. The van der Waals surface area contributed by atoms with Crippen LogP contribution in [-0.2, 0) is 6.42 Å².